The molecule has 0 saturated heterocycles. The lowest BCUT2D eigenvalue weighted by atomic mass is 10.1. The number of aliphatic hydroxyl groups excluding tert-OH is 1. The first-order valence-corrected chi connectivity index (χ1v) is 6.31. The predicted octanol–water partition coefficient (Wildman–Crippen LogP) is 1.59. The summed E-state index contributed by atoms with van der Waals surface area (Å²) in [6.07, 6.45) is 1.01. The standard InChI is InChI=1S/C14H21NO4/c1-4-6-10(16)9-15-14(17)11-7-5-8-12(18-2)13(11)19-3/h5,7-8,10,16H,4,6,9H2,1-3H3,(H,15,17). The van der Waals surface area contributed by atoms with Crippen molar-refractivity contribution in [3.8, 4) is 11.5 Å². The van der Waals surface area contributed by atoms with Gasteiger partial charge >= 0.3 is 0 Å². The third-order valence-electron chi connectivity index (χ3n) is 2.77. The number of aliphatic hydroxyl groups is 1. The van der Waals surface area contributed by atoms with Gasteiger partial charge in [0.05, 0.1) is 25.9 Å². The number of nitrogens with one attached hydrogen (secondary N) is 1. The molecule has 2 N–H and O–H groups in total. The number of carbonyl (C=O) groups is 1. The van der Waals surface area contributed by atoms with E-state index in [1.807, 2.05) is 6.92 Å². The summed E-state index contributed by atoms with van der Waals surface area (Å²) in [5.74, 6) is 0.614. The van der Waals surface area contributed by atoms with Gasteiger partial charge in [0.25, 0.3) is 5.91 Å². The first-order chi connectivity index (χ1) is 9.13. The summed E-state index contributed by atoms with van der Waals surface area (Å²) in [5, 5.41) is 12.3. The summed E-state index contributed by atoms with van der Waals surface area (Å²) >= 11 is 0. The van der Waals surface area contributed by atoms with Crippen molar-refractivity contribution in [3.05, 3.63) is 23.8 Å². The van der Waals surface area contributed by atoms with Gasteiger partial charge < -0.3 is 19.9 Å². The van der Waals surface area contributed by atoms with Crippen LogP contribution in [0.3, 0.4) is 0 Å². The molecule has 0 fully saturated rings. The van der Waals surface area contributed by atoms with E-state index in [2.05, 4.69) is 5.32 Å². The summed E-state index contributed by atoms with van der Waals surface area (Å²) in [6, 6.07) is 5.10. The van der Waals surface area contributed by atoms with Crippen LogP contribution in [0.2, 0.25) is 0 Å². The number of ether oxygens (including phenoxy) is 2. The number of hydrogen-bond donors (Lipinski definition) is 2. The lowest BCUT2D eigenvalue weighted by Gasteiger charge is -2.14. The van der Waals surface area contributed by atoms with Crippen molar-refractivity contribution in [3.63, 3.8) is 0 Å². The quantitative estimate of drug-likeness (QED) is 0.787. The van der Waals surface area contributed by atoms with E-state index in [1.165, 1.54) is 14.2 Å². The highest BCUT2D eigenvalue weighted by atomic mass is 16.5. The smallest absolute Gasteiger partial charge is 0.255 e. The largest absolute Gasteiger partial charge is 0.493 e. The molecule has 1 atom stereocenters. The molecular formula is C14H21NO4. The average Bonchev–Trinajstić information content (AvgIpc) is 2.44. The highest BCUT2D eigenvalue weighted by Crippen LogP contribution is 2.30. The average molecular weight is 267 g/mol. The van der Waals surface area contributed by atoms with Crippen molar-refractivity contribution in [2.45, 2.75) is 25.9 Å². The fraction of sp³-hybridized carbons (Fsp3) is 0.500. The van der Waals surface area contributed by atoms with Gasteiger partial charge in [-0.25, -0.2) is 0 Å². The van der Waals surface area contributed by atoms with E-state index in [0.717, 1.165) is 6.42 Å². The van der Waals surface area contributed by atoms with Crippen molar-refractivity contribution in [1.82, 2.24) is 5.32 Å². The van der Waals surface area contributed by atoms with E-state index in [9.17, 15) is 9.90 Å². The lowest BCUT2D eigenvalue weighted by molar-refractivity contribution is 0.0906. The highest BCUT2D eigenvalue weighted by Gasteiger charge is 2.16. The van der Waals surface area contributed by atoms with Gasteiger partial charge in [0.2, 0.25) is 0 Å². The number of benzene rings is 1. The third-order valence-corrected chi connectivity index (χ3v) is 2.77. The van der Waals surface area contributed by atoms with E-state index >= 15 is 0 Å². The second-order valence-corrected chi connectivity index (χ2v) is 4.19. The summed E-state index contributed by atoms with van der Waals surface area (Å²) in [4.78, 5) is 12.0. The van der Waals surface area contributed by atoms with Crippen LogP contribution in [-0.4, -0.2) is 37.9 Å². The molecule has 0 bridgehead atoms. The maximum absolute atomic E-state index is 12.0. The first-order valence-electron chi connectivity index (χ1n) is 6.31. The molecule has 0 aliphatic carbocycles. The van der Waals surface area contributed by atoms with Crippen molar-refractivity contribution >= 4 is 5.91 Å². The molecule has 1 rings (SSSR count). The normalized spacial score (nSPS) is 11.8. The molecule has 1 amide bonds. The van der Waals surface area contributed by atoms with Gasteiger partial charge in [0.15, 0.2) is 11.5 Å². The van der Waals surface area contributed by atoms with Crippen LogP contribution in [0.25, 0.3) is 0 Å². The zero-order chi connectivity index (χ0) is 14.3. The maximum Gasteiger partial charge on any atom is 0.255 e. The molecule has 0 aliphatic heterocycles. The van der Waals surface area contributed by atoms with Crippen LogP contribution in [0.15, 0.2) is 18.2 Å². The van der Waals surface area contributed by atoms with Gasteiger partial charge in [-0.2, -0.15) is 0 Å². The Balaban J connectivity index is 2.76. The number of hydrogen-bond acceptors (Lipinski definition) is 4. The molecule has 0 spiro atoms. The summed E-state index contributed by atoms with van der Waals surface area (Å²) in [7, 11) is 3.01. The van der Waals surface area contributed by atoms with Gasteiger partial charge in [-0.15, -0.1) is 0 Å². The van der Waals surface area contributed by atoms with Crippen LogP contribution in [0.4, 0.5) is 0 Å². The van der Waals surface area contributed by atoms with E-state index in [0.29, 0.717) is 23.5 Å². The van der Waals surface area contributed by atoms with Gasteiger partial charge in [-0.1, -0.05) is 19.4 Å². The zero-order valence-electron chi connectivity index (χ0n) is 11.6. The van der Waals surface area contributed by atoms with Gasteiger partial charge in [-0.05, 0) is 18.6 Å². The maximum atomic E-state index is 12.0. The number of methoxy groups -OCH3 is 2. The molecule has 0 heterocycles. The molecule has 0 saturated carbocycles. The summed E-state index contributed by atoms with van der Waals surface area (Å²) < 4.78 is 10.3. The Morgan fingerprint density at radius 3 is 2.68 bits per heavy atom. The molecule has 1 unspecified atom stereocenters. The van der Waals surface area contributed by atoms with E-state index < -0.39 is 6.10 Å². The van der Waals surface area contributed by atoms with Crippen molar-refractivity contribution in [2.75, 3.05) is 20.8 Å². The van der Waals surface area contributed by atoms with Crippen LogP contribution in [0.1, 0.15) is 30.1 Å². The Morgan fingerprint density at radius 1 is 1.37 bits per heavy atom. The molecule has 0 aromatic heterocycles. The SMILES string of the molecule is CCCC(O)CNC(=O)c1cccc(OC)c1OC. The lowest BCUT2D eigenvalue weighted by Crippen LogP contribution is -2.32. The molecule has 5 nitrogen and oxygen atoms in total. The summed E-state index contributed by atoms with van der Waals surface area (Å²) in [6.45, 7) is 2.21. The molecule has 1 aromatic carbocycles. The molecule has 0 aliphatic rings. The van der Waals surface area contributed by atoms with E-state index in [1.54, 1.807) is 18.2 Å². The molecule has 19 heavy (non-hydrogen) atoms. The first kappa shape index (κ1) is 15.3. The molecule has 5 heteroatoms. The van der Waals surface area contributed by atoms with Gasteiger partial charge in [0, 0.05) is 6.54 Å². The minimum Gasteiger partial charge on any atom is -0.493 e. The number of carbonyl (C=O) groups excluding carboxylic acids is 1. The Labute approximate surface area is 113 Å². The van der Waals surface area contributed by atoms with Crippen LogP contribution in [0.5, 0.6) is 11.5 Å². The van der Waals surface area contributed by atoms with Crippen molar-refractivity contribution in [2.24, 2.45) is 0 Å². The van der Waals surface area contributed by atoms with Gasteiger partial charge in [0.1, 0.15) is 0 Å². The Bertz CT molecular complexity index is 420. The van der Waals surface area contributed by atoms with Crippen LogP contribution >= 0.6 is 0 Å². The fourth-order valence-corrected chi connectivity index (χ4v) is 1.81. The zero-order valence-corrected chi connectivity index (χ0v) is 11.6. The van der Waals surface area contributed by atoms with E-state index in [4.69, 9.17) is 9.47 Å². The van der Waals surface area contributed by atoms with Gasteiger partial charge in [-0.3, -0.25) is 4.79 Å². The van der Waals surface area contributed by atoms with E-state index in [-0.39, 0.29) is 12.5 Å². The monoisotopic (exact) mass is 267 g/mol. The Morgan fingerprint density at radius 2 is 2.11 bits per heavy atom. The minimum atomic E-state index is -0.523. The minimum absolute atomic E-state index is 0.229. The molecule has 1 aromatic rings. The topological polar surface area (TPSA) is 67.8 Å². The second kappa shape index (κ2) is 7.63. The molecule has 106 valence electrons. The third kappa shape index (κ3) is 4.13. The number of amides is 1. The number of rotatable bonds is 7. The second-order valence-electron chi connectivity index (χ2n) is 4.19. The fourth-order valence-electron chi connectivity index (χ4n) is 1.81. The number of para-hydroxylation sites is 1. The summed E-state index contributed by atoms with van der Waals surface area (Å²) in [5.41, 5.74) is 0.394. The molecular weight excluding hydrogens is 246 g/mol. The van der Waals surface area contributed by atoms with Crippen LogP contribution in [-0.2, 0) is 0 Å². The Kier molecular flexibility index (Phi) is 6.15. The van der Waals surface area contributed by atoms with Crippen molar-refractivity contribution < 1.29 is 19.4 Å². The predicted molar refractivity (Wildman–Crippen MR) is 72.8 cm³/mol. The molecule has 0 radical (unpaired) electrons. The van der Waals surface area contributed by atoms with Crippen LogP contribution < -0.4 is 14.8 Å². The highest BCUT2D eigenvalue weighted by molar-refractivity contribution is 5.97. The Hall–Kier alpha value is -1.75. The van der Waals surface area contributed by atoms with Crippen LogP contribution in [0, 0.1) is 0 Å². The van der Waals surface area contributed by atoms with Crippen molar-refractivity contribution in [1.29, 1.82) is 0 Å².